The van der Waals surface area contributed by atoms with Crippen LogP contribution in [0, 0.1) is 0 Å². The molecule has 0 radical (unpaired) electrons. The first kappa shape index (κ1) is 70.6. The third-order valence-corrected chi connectivity index (χ3v) is 15.6. The first-order valence-corrected chi connectivity index (χ1v) is 31.6. The molecular weight excluding hydrogens is 967 g/mol. The van der Waals surface area contributed by atoms with Crippen LogP contribution in [-0.2, 0) is 23.7 Å². The second kappa shape index (κ2) is 48.2. The van der Waals surface area contributed by atoms with Crippen LogP contribution in [0.2, 0.25) is 0 Å². The molecular formula is C62H117NO13. The van der Waals surface area contributed by atoms with Gasteiger partial charge < -0.3 is 65.1 Å². The topological polar surface area (TPSA) is 228 Å². The van der Waals surface area contributed by atoms with Crippen molar-refractivity contribution in [2.45, 2.75) is 344 Å². The molecule has 0 aromatic rings. The molecule has 12 unspecified atom stereocenters. The lowest BCUT2D eigenvalue weighted by molar-refractivity contribution is -0.359. The van der Waals surface area contributed by atoms with Gasteiger partial charge in [-0.25, -0.2) is 0 Å². The van der Waals surface area contributed by atoms with Crippen LogP contribution in [0.1, 0.15) is 271 Å². The minimum Gasteiger partial charge on any atom is -0.394 e. The van der Waals surface area contributed by atoms with Gasteiger partial charge in [0.1, 0.15) is 48.8 Å². The molecule has 448 valence electrons. The number of hydrogen-bond donors (Lipinski definition) is 9. The number of aliphatic hydroxyl groups is 8. The Morgan fingerprint density at radius 3 is 1.25 bits per heavy atom. The van der Waals surface area contributed by atoms with Gasteiger partial charge in [-0.2, -0.15) is 0 Å². The second-order valence-electron chi connectivity index (χ2n) is 22.5. The highest BCUT2D eigenvalue weighted by atomic mass is 16.7. The van der Waals surface area contributed by atoms with E-state index < -0.39 is 86.8 Å². The number of allylic oxidation sites excluding steroid dienone is 3. The van der Waals surface area contributed by atoms with Crippen LogP contribution in [0.25, 0.3) is 0 Å². The summed E-state index contributed by atoms with van der Waals surface area (Å²) < 4.78 is 22.8. The standard InChI is InChI=1S/C62H117NO13/c1-3-5-7-9-11-13-15-17-19-21-23-25-27-29-31-33-35-37-39-41-43-45-51(66)50(49-73-61-59(72)57(70)60(53(48-65)75-61)76-62-58(71)56(69)55(68)52(47-64)74-62)63-54(67)46-44-42-40-38-36-34-32-30-28-26-24-22-20-18-16-14-12-10-8-6-4-2/h22,24,43,45,50-53,55-62,64-66,68-72H,3-21,23,25-42,44,46-49H2,1-2H3,(H,63,67)/b24-22-,45-43+. The van der Waals surface area contributed by atoms with Gasteiger partial charge >= 0.3 is 0 Å². The number of amides is 1. The summed E-state index contributed by atoms with van der Waals surface area (Å²) in [7, 11) is 0. The van der Waals surface area contributed by atoms with Crippen molar-refractivity contribution in [2.75, 3.05) is 19.8 Å². The number of rotatable bonds is 51. The van der Waals surface area contributed by atoms with Crippen molar-refractivity contribution in [3.05, 3.63) is 24.3 Å². The summed E-state index contributed by atoms with van der Waals surface area (Å²) >= 11 is 0. The quantitative estimate of drug-likeness (QED) is 0.0204. The van der Waals surface area contributed by atoms with Crippen LogP contribution >= 0.6 is 0 Å². The van der Waals surface area contributed by atoms with Gasteiger partial charge in [-0.05, 0) is 44.9 Å². The third-order valence-electron chi connectivity index (χ3n) is 15.6. The molecule has 12 atom stereocenters. The summed E-state index contributed by atoms with van der Waals surface area (Å²) in [5.74, 6) is -0.238. The zero-order chi connectivity index (χ0) is 55.3. The van der Waals surface area contributed by atoms with E-state index in [4.69, 9.17) is 18.9 Å². The number of carbonyl (C=O) groups is 1. The van der Waals surface area contributed by atoms with E-state index >= 15 is 0 Å². The monoisotopic (exact) mass is 1080 g/mol. The molecule has 2 rings (SSSR count). The largest absolute Gasteiger partial charge is 0.394 e. The van der Waals surface area contributed by atoms with Gasteiger partial charge in [-0.15, -0.1) is 0 Å². The van der Waals surface area contributed by atoms with Crippen LogP contribution in [-0.4, -0.2) is 140 Å². The van der Waals surface area contributed by atoms with Gasteiger partial charge in [0.25, 0.3) is 0 Å². The molecule has 0 aromatic heterocycles. The number of aliphatic hydroxyl groups excluding tert-OH is 8. The molecule has 14 heteroatoms. The summed E-state index contributed by atoms with van der Waals surface area (Å²) in [4.78, 5) is 13.3. The average Bonchev–Trinajstić information content (AvgIpc) is 3.42. The molecule has 76 heavy (non-hydrogen) atoms. The molecule has 2 saturated heterocycles. The summed E-state index contributed by atoms with van der Waals surface area (Å²) in [6.45, 7) is 2.83. The number of carbonyl (C=O) groups excluding carboxylic acids is 1. The zero-order valence-corrected chi connectivity index (χ0v) is 48.3. The summed E-state index contributed by atoms with van der Waals surface area (Å²) in [5.41, 5.74) is 0. The highest BCUT2D eigenvalue weighted by molar-refractivity contribution is 5.76. The van der Waals surface area contributed by atoms with Gasteiger partial charge in [0.05, 0.1) is 32.0 Å². The molecule has 2 aliphatic heterocycles. The van der Waals surface area contributed by atoms with Crippen molar-refractivity contribution in [3.8, 4) is 0 Å². The molecule has 14 nitrogen and oxygen atoms in total. The first-order valence-electron chi connectivity index (χ1n) is 31.6. The van der Waals surface area contributed by atoms with E-state index in [-0.39, 0.29) is 18.9 Å². The minimum absolute atomic E-state index is 0.238. The van der Waals surface area contributed by atoms with Crippen LogP contribution in [0.4, 0.5) is 0 Å². The zero-order valence-electron chi connectivity index (χ0n) is 48.3. The lowest BCUT2D eigenvalue weighted by Crippen LogP contribution is -2.65. The highest BCUT2D eigenvalue weighted by Crippen LogP contribution is 2.30. The van der Waals surface area contributed by atoms with Gasteiger partial charge in [0, 0.05) is 6.42 Å². The molecule has 1 amide bonds. The SMILES string of the molecule is CCCCCCCCCC/C=C\CCCCCCCCCCCC(=O)NC(COC1OC(CO)C(OC2OC(CO)C(O)C(O)C2O)C(O)C1O)C(O)/C=C/CCCCCCCCCCCCCCCCCCCCC. The van der Waals surface area contributed by atoms with Crippen LogP contribution in [0.15, 0.2) is 24.3 Å². The van der Waals surface area contributed by atoms with Crippen molar-refractivity contribution in [2.24, 2.45) is 0 Å². The van der Waals surface area contributed by atoms with Crippen molar-refractivity contribution in [1.29, 1.82) is 0 Å². The highest BCUT2D eigenvalue weighted by Gasteiger charge is 2.51. The number of hydrogen-bond acceptors (Lipinski definition) is 13. The molecule has 2 heterocycles. The lowest BCUT2D eigenvalue weighted by atomic mass is 9.97. The maximum absolute atomic E-state index is 13.3. The summed E-state index contributed by atoms with van der Waals surface area (Å²) in [6, 6.07) is -0.914. The van der Waals surface area contributed by atoms with Crippen molar-refractivity contribution < 1.29 is 64.6 Å². The average molecular weight is 1080 g/mol. The molecule has 0 bridgehead atoms. The van der Waals surface area contributed by atoms with E-state index in [2.05, 4.69) is 31.3 Å². The Hall–Kier alpha value is -1.53. The maximum atomic E-state index is 13.3. The van der Waals surface area contributed by atoms with Crippen molar-refractivity contribution in [1.82, 2.24) is 5.32 Å². The second-order valence-corrected chi connectivity index (χ2v) is 22.5. The van der Waals surface area contributed by atoms with Crippen molar-refractivity contribution >= 4 is 5.91 Å². The van der Waals surface area contributed by atoms with Crippen molar-refractivity contribution in [3.63, 3.8) is 0 Å². The number of ether oxygens (including phenoxy) is 4. The van der Waals surface area contributed by atoms with E-state index in [1.165, 1.54) is 205 Å². The Labute approximate surface area is 462 Å². The Morgan fingerprint density at radius 1 is 0.461 bits per heavy atom. The summed E-state index contributed by atoms with van der Waals surface area (Å²) in [5, 5.41) is 87.2. The van der Waals surface area contributed by atoms with E-state index in [0.717, 1.165) is 38.5 Å². The normalized spacial score (nSPS) is 25.0. The van der Waals surface area contributed by atoms with Gasteiger partial charge in [-0.3, -0.25) is 4.79 Å². The molecule has 0 saturated carbocycles. The van der Waals surface area contributed by atoms with Gasteiger partial charge in [-0.1, -0.05) is 244 Å². The fourth-order valence-corrected chi connectivity index (χ4v) is 10.5. The number of nitrogens with one attached hydrogen (secondary N) is 1. The molecule has 0 aliphatic carbocycles. The van der Waals surface area contributed by atoms with E-state index in [1.54, 1.807) is 6.08 Å². The van der Waals surface area contributed by atoms with E-state index in [0.29, 0.717) is 6.42 Å². The Balaban J connectivity index is 1.75. The number of unbranched alkanes of at least 4 members (excludes halogenated alkanes) is 36. The molecule has 2 aliphatic rings. The first-order chi connectivity index (χ1) is 37.1. The van der Waals surface area contributed by atoms with E-state index in [1.807, 2.05) is 6.08 Å². The fourth-order valence-electron chi connectivity index (χ4n) is 10.5. The van der Waals surface area contributed by atoms with Crippen LogP contribution in [0.5, 0.6) is 0 Å². The van der Waals surface area contributed by atoms with Crippen LogP contribution in [0.3, 0.4) is 0 Å². The predicted octanol–water partition coefficient (Wildman–Crippen LogP) is 11.2. The van der Waals surface area contributed by atoms with Gasteiger partial charge in [0.2, 0.25) is 5.91 Å². The Morgan fingerprint density at radius 2 is 0.829 bits per heavy atom. The lowest BCUT2D eigenvalue weighted by Gasteiger charge is -2.46. The molecule has 9 N–H and O–H groups in total. The Kier molecular flexibility index (Phi) is 44.8. The predicted molar refractivity (Wildman–Crippen MR) is 305 cm³/mol. The minimum atomic E-state index is -1.79. The molecule has 0 aromatic carbocycles. The maximum Gasteiger partial charge on any atom is 0.220 e. The van der Waals surface area contributed by atoms with Crippen LogP contribution < -0.4 is 5.32 Å². The smallest absolute Gasteiger partial charge is 0.220 e. The van der Waals surface area contributed by atoms with Gasteiger partial charge in [0.15, 0.2) is 12.6 Å². The molecule has 2 fully saturated rings. The summed E-state index contributed by atoms with van der Waals surface area (Å²) in [6.07, 6.45) is 40.7. The van der Waals surface area contributed by atoms with E-state index in [9.17, 15) is 45.6 Å². The fraction of sp³-hybridized carbons (Fsp3) is 0.919. The Bertz CT molecular complexity index is 1370. The third kappa shape index (κ3) is 33.3. The molecule has 0 spiro atoms.